The lowest BCUT2D eigenvalue weighted by molar-refractivity contribution is 0.388. The fourth-order valence-corrected chi connectivity index (χ4v) is 2.80. The van der Waals surface area contributed by atoms with Gasteiger partial charge in [0.25, 0.3) is 10.0 Å². The van der Waals surface area contributed by atoms with E-state index in [1.54, 1.807) is 0 Å². The monoisotopic (exact) mass is 314 g/mol. The van der Waals surface area contributed by atoms with E-state index in [0.717, 1.165) is 24.3 Å². The minimum Gasteiger partial charge on any atom is -0.492 e. The van der Waals surface area contributed by atoms with Crippen LogP contribution in [-0.4, -0.2) is 15.5 Å². The number of methoxy groups -OCH3 is 1. The molecule has 0 bridgehead atoms. The van der Waals surface area contributed by atoms with Crippen molar-refractivity contribution in [2.45, 2.75) is 4.90 Å². The molecule has 0 fully saturated rings. The molecule has 0 heterocycles. The largest absolute Gasteiger partial charge is 0.492 e. The summed E-state index contributed by atoms with van der Waals surface area (Å²) in [5.74, 6) is -1.62. The highest BCUT2D eigenvalue weighted by atomic mass is 32.2. The van der Waals surface area contributed by atoms with Gasteiger partial charge in [0.15, 0.2) is 11.6 Å². The third-order valence-electron chi connectivity index (χ3n) is 2.66. The molecular weight excluding hydrogens is 302 g/mol. The SMILES string of the molecule is COc1c(N)cc(S(=O)(=O)Nc2ccc(F)cc2)cc1F. The molecular formula is C13H12F2N2O3S. The van der Waals surface area contributed by atoms with Gasteiger partial charge < -0.3 is 10.5 Å². The molecule has 112 valence electrons. The van der Waals surface area contributed by atoms with E-state index in [2.05, 4.69) is 4.72 Å². The van der Waals surface area contributed by atoms with Gasteiger partial charge in [-0.25, -0.2) is 17.2 Å². The van der Waals surface area contributed by atoms with E-state index in [-0.39, 0.29) is 22.0 Å². The fraction of sp³-hybridized carbons (Fsp3) is 0.0769. The van der Waals surface area contributed by atoms with Crippen molar-refractivity contribution >= 4 is 21.4 Å². The van der Waals surface area contributed by atoms with Crippen molar-refractivity contribution in [2.75, 3.05) is 17.6 Å². The van der Waals surface area contributed by atoms with Gasteiger partial charge in [-0.2, -0.15) is 0 Å². The zero-order chi connectivity index (χ0) is 15.6. The van der Waals surface area contributed by atoms with E-state index < -0.39 is 21.7 Å². The van der Waals surface area contributed by atoms with E-state index >= 15 is 0 Å². The predicted molar refractivity (Wildman–Crippen MR) is 74.6 cm³/mol. The van der Waals surface area contributed by atoms with Crippen LogP contribution in [0.25, 0.3) is 0 Å². The molecule has 3 N–H and O–H groups in total. The van der Waals surface area contributed by atoms with Crippen molar-refractivity contribution < 1.29 is 21.9 Å². The van der Waals surface area contributed by atoms with Crippen LogP contribution in [0.3, 0.4) is 0 Å². The highest BCUT2D eigenvalue weighted by Crippen LogP contribution is 2.29. The summed E-state index contributed by atoms with van der Waals surface area (Å²) in [7, 11) is -2.82. The Morgan fingerprint density at radius 1 is 1.14 bits per heavy atom. The van der Waals surface area contributed by atoms with E-state index in [4.69, 9.17) is 10.5 Å². The molecule has 0 saturated carbocycles. The van der Waals surface area contributed by atoms with Crippen LogP contribution in [0.1, 0.15) is 0 Å². The smallest absolute Gasteiger partial charge is 0.262 e. The zero-order valence-corrected chi connectivity index (χ0v) is 11.7. The van der Waals surface area contributed by atoms with Gasteiger partial charge in [0.1, 0.15) is 5.82 Å². The first-order chi connectivity index (χ1) is 9.83. The Labute approximate surface area is 120 Å². The number of anilines is 2. The summed E-state index contributed by atoms with van der Waals surface area (Å²) in [6.45, 7) is 0. The van der Waals surface area contributed by atoms with Gasteiger partial charge in [-0.15, -0.1) is 0 Å². The van der Waals surface area contributed by atoms with E-state index in [9.17, 15) is 17.2 Å². The number of nitrogens with one attached hydrogen (secondary N) is 1. The molecule has 0 aliphatic heterocycles. The predicted octanol–water partition coefficient (Wildman–Crippen LogP) is 2.36. The summed E-state index contributed by atoms with van der Waals surface area (Å²) in [6.07, 6.45) is 0. The Morgan fingerprint density at radius 2 is 1.76 bits per heavy atom. The van der Waals surface area contributed by atoms with Crippen LogP contribution in [0.15, 0.2) is 41.3 Å². The molecule has 2 aromatic rings. The first kappa shape index (κ1) is 15.0. The average Bonchev–Trinajstić information content (AvgIpc) is 2.41. The molecule has 0 aromatic heterocycles. The lowest BCUT2D eigenvalue weighted by Crippen LogP contribution is -2.14. The maximum atomic E-state index is 13.7. The number of nitrogen functional groups attached to an aromatic ring is 1. The van der Waals surface area contributed by atoms with Crippen molar-refractivity contribution in [3.05, 3.63) is 48.0 Å². The van der Waals surface area contributed by atoms with Crippen LogP contribution in [-0.2, 0) is 10.0 Å². The minimum absolute atomic E-state index is 0.142. The van der Waals surface area contributed by atoms with Crippen molar-refractivity contribution in [3.63, 3.8) is 0 Å². The first-order valence-corrected chi connectivity index (χ1v) is 7.23. The quantitative estimate of drug-likeness (QED) is 0.849. The number of hydrogen-bond donors (Lipinski definition) is 2. The summed E-state index contributed by atoms with van der Waals surface area (Å²) < 4.78 is 57.6. The topological polar surface area (TPSA) is 81.4 Å². The Balaban J connectivity index is 2.38. The van der Waals surface area contributed by atoms with E-state index in [1.165, 1.54) is 19.2 Å². The number of hydrogen-bond acceptors (Lipinski definition) is 4. The highest BCUT2D eigenvalue weighted by molar-refractivity contribution is 7.92. The number of ether oxygens (including phenoxy) is 1. The Morgan fingerprint density at radius 3 is 2.29 bits per heavy atom. The van der Waals surface area contributed by atoms with Crippen LogP contribution < -0.4 is 15.2 Å². The van der Waals surface area contributed by atoms with Gasteiger partial charge in [0.2, 0.25) is 0 Å². The van der Waals surface area contributed by atoms with Crippen molar-refractivity contribution in [1.82, 2.24) is 0 Å². The third kappa shape index (κ3) is 3.22. The number of halogens is 2. The molecule has 21 heavy (non-hydrogen) atoms. The Hall–Kier alpha value is -2.35. The first-order valence-electron chi connectivity index (χ1n) is 5.75. The van der Waals surface area contributed by atoms with Crippen LogP contribution in [0, 0.1) is 11.6 Å². The van der Waals surface area contributed by atoms with Gasteiger partial charge in [0, 0.05) is 5.69 Å². The van der Waals surface area contributed by atoms with Crippen LogP contribution in [0.5, 0.6) is 5.75 Å². The molecule has 0 aliphatic rings. The molecule has 2 rings (SSSR count). The van der Waals surface area contributed by atoms with Crippen LogP contribution >= 0.6 is 0 Å². The third-order valence-corrected chi connectivity index (χ3v) is 4.02. The van der Waals surface area contributed by atoms with Gasteiger partial charge >= 0.3 is 0 Å². The lowest BCUT2D eigenvalue weighted by Gasteiger charge is -2.11. The van der Waals surface area contributed by atoms with Gasteiger partial charge in [-0.3, -0.25) is 4.72 Å². The number of benzene rings is 2. The van der Waals surface area contributed by atoms with Gasteiger partial charge in [-0.1, -0.05) is 0 Å². The number of nitrogens with two attached hydrogens (primary N) is 1. The number of rotatable bonds is 4. The van der Waals surface area contributed by atoms with Crippen LogP contribution in [0.2, 0.25) is 0 Å². The normalized spacial score (nSPS) is 11.2. The number of sulfonamides is 1. The fourth-order valence-electron chi connectivity index (χ4n) is 1.69. The maximum absolute atomic E-state index is 13.7. The summed E-state index contributed by atoms with van der Waals surface area (Å²) in [5.41, 5.74) is 5.54. The second kappa shape index (κ2) is 5.57. The van der Waals surface area contributed by atoms with Crippen molar-refractivity contribution in [3.8, 4) is 5.75 Å². The molecule has 0 spiro atoms. The summed E-state index contributed by atoms with van der Waals surface area (Å²) >= 11 is 0. The van der Waals surface area contributed by atoms with Crippen LogP contribution in [0.4, 0.5) is 20.2 Å². The summed E-state index contributed by atoms with van der Waals surface area (Å²) in [5, 5.41) is 0. The van der Waals surface area contributed by atoms with E-state index in [1.807, 2.05) is 0 Å². The Bertz CT molecular complexity index is 738. The highest BCUT2D eigenvalue weighted by Gasteiger charge is 2.19. The summed E-state index contributed by atoms with van der Waals surface area (Å²) in [6, 6.07) is 6.56. The van der Waals surface area contributed by atoms with Gasteiger partial charge in [0.05, 0.1) is 17.7 Å². The average molecular weight is 314 g/mol. The second-order valence-electron chi connectivity index (χ2n) is 4.14. The van der Waals surface area contributed by atoms with Crippen molar-refractivity contribution in [1.29, 1.82) is 0 Å². The van der Waals surface area contributed by atoms with Crippen molar-refractivity contribution in [2.24, 2.45) is 0 Å². The molecule has 2 aromatic carbocycles. The molecule has 0 unspecified atom stereocenters. The molecule has 0 amide bonds. The zero-order valence-electron chi connectivity index (χ0n) is 10.9. The molecule has 0 aliphatic carbocycles. The molecule has 5 nitrogen and oxygen atoms in total. The Kier molecular flexibility index (Phi) is 3.99. The molecule has 0 radical (unpaired) electrons. The van der Waals surface area contributed by atoms with Gasteiger partial charge in [-0.05, 0) is 36.4 Å². The minimum atomic E-state index is -4.04. The summed E-state index contributed by atoms with van der Waals surface area (Å²) in [4.78, 5) is -0.359. The van der Waals surface area contributed by atoms with E-state index in [0.29, 0.717) is 0 Å². The maximum Gasteiger partial charge on any atom is 0.262 e. The molecule has 0 saturated heterocycles. The molecule has 8 heteroatoms. The second-order valence-corrected chi connectivity index (χ2v) is 5.82. The molecule has 0 atom stereocenters. The lowest BCUT2D eigenvalue weighted by atomic mass is 10.3. The standard InChI is InChI=1S/C13H12F2N2O3S/c1-20-13-11(15)6-10(7-12(13)16)21(18,19)17-9-4-2-8(14)3-5-9/h2-7,17H,16H2,1H3.